The fourth-order valence-electron chi connectivity index (χ4n) is 4.74. The van der Waals surface area contributed by atoms with Crippen molar-refractivity contribution < 1.29 is 23.9 Å². The number of allylic oxidation sites excluding steroid dienone is 1. The van der Waals surface area contributed by atoms with E-state index in [0.717, 1.165) is 16.9 Å². The van der Waals surface area contributed by atoms with Crippen molar-refractivity contribution in [2.24, 2.45) is 4.99 Å². The Labute approximate surface area is 254 Å². The van der Waals surface area contributed by atoms with E-state index in [1.165, 1.54) is 29.9 Å². The fourth-order valence-corrected chi connectivity index (χ4v) is 5.90. The Morgan fingerprint density at radius 1 is 1.14 bits per heavy atom. The fraction of sp³-hybridized carbons (Fsp3) is 0.194. The first kappa shape index (κ1) is 29.7. The number of hydrogen-bond acceptors (Lipinski definition) is 9. The number of nitro groups is 1. The monoisotopic (exact) mass is 619 g/mol. The average molecular weight is 620 g/mol. The zero-order valence-corrected chi connectivity index (χ0v) is 25.0. The third kappa shape index (κ3) is 6.08. The molecule has 12 heteroatoms. The summed E-state index contributed by atoms with van der Waals surface area (Å²) in [6, 6.07) is 18.1. The van der Waals surface area contributed by atoms with Crippen LogP contribution < -0.4 is 24.4 Å². The van der Waals surface area contributed by atoms with Gasteiger partial charge >= 0.3 is 5.97 Å². The van der Waals surface area contributed by atoms with Gasteiger partial charge in [-0.25, -0.2) is 9.79 Å². The predicted octanol–water partition coefficient (Wildman–Crippen LogP) is 4.95. The van der Waals surface area contributed by atoms with E-state index in [9.17, 15) is 19.7 Å². The van der Waals surface area contributed by atoms with Crippen molar-refractivity contribution in [3.63, 3.8) is 0 Å². The lowest BCUT2D eigenvalue weighted by atomic mass is 9.96. The number of esters is 1. The summed E-state index contributed by atoms with van der Waals surface area (Å²) >= 11 is 7.17. The summed E-state index contributed by atoms with van der Waals surface area (Å²) in [5.41, 5.74) is 1.52. The molecule has 0 spiro atoms. The molecule has 0 bridgehead atoms. The summed E-state index contributed by atoms with van der Waals surface area (Å²) < 4.78 is 18.2. The molecule has 0 N–H and O–H groups in total. The molecule has 0 amide bonds. The van der Waals surface area contributed by atoms with Crippen molar-refractivity contribution in [3.05, 3.63) is 130 Å². The lowest BCUT2D eigenvalue weighted by Crippen LogP contribution is -2.39. The van der Waals surface area contributed by atoms with Crippen molar-refractivity contribution in [3.8, 4) is 11.5 Å². The minimum atomic E-state index is -0.840. The maximum absolute atomic E-state index is 13.9. The van der Waals surface area contributed by atoms with Crippen molar-refractivity contribution >= 4 is 40.7 Å². The van der Waals surface area contributed by atoms with Gasteiger partial charge in [0, 0.05) is 5.02 Å². The van der Waals surface area contributed by atoms with E-state index in [1.807, 2.05) is 30.3 Å². The van der Waals surface area contributed by atoms with Gasteiger partial charge in [0.2, 0.25) is 0 Å². The number of ether oxygens (including phenoxy) is 3. The summed E-state index contributed by atoms with van der Waals surface area (Å²) in [7, 11) is 1.43. The molecule has 1 aromatic heterocycles. The summed E-state index contributed by atoms with van der Waals surface area (Å²) in [4.78, 5) is 43.4. The van der Waals surface area contributed by atoms with Crippen LogP contribution in [0.5, 0.6) is 11.5 Å². The molecule has 1 unspecified atom stereocenters. The van der Waals surface area contributed by atoms with Crippen LogP contribution in [0.15, 0.2) is 87.8 Å². The lowest BCUT2D eigenvalue weighted by Gasteiger charge is -2.24. The highest BCUT2D eigenvalue weighted by Gasteiger charge is 2.33. The first-order valence-electron chi connectivity index (χ1n) is 13.2. The molecule has 0 saturated carbocycles. The Morgan fingerprint density at radius 3 is 2.51 bits per heavy atom. The van der Waals surface area contributed by atoms with Gasteiger partial charge in [-0.3, -0.25) is 19.5 Å². The van der Waals surface area contributed by atoms with Gasteiger partial charge < -0.3 is 14.2 Å². The first-order valence-corrected chi connectivity index (χ1v) is 14.4. The summed E-state index contributed by atoms with van der Waals surface area (Å²) in [5.74, 6) is -0.140. The number of halogens is 1. The summed E-state index contributed by atoms with van der Waals surface area (Å²) in [6.07, 6.45) is 1.42. The zero-order valence-electron chi connectivity index (χ0n) is 23.4. The molecule has 0 fully saturated rings. The summed E-state index contributed by atoms with van der Waals surface area (Å²) in [6.45, 7) is 3.69. The highest BCUT2D eigenvalue weighted by Crippen LogP contribution is 2.36. The van der Waals surface area contributed by atoms with E-state index in [1.54, 1.807) is 38.1 Å². The van der Waals surface area contributed by atoms with Crippen LogP contribution in [0.4, 0.5) is 5.69 Å². The molecule has 10 nitrogen and oxygen atoms in total. The van der Waals surface area contributed by atoms with Gasteiger partial charge in [0.05, 0.1) is 52.1 Å². The molecule has 2 heterocycles. The molecule has 4 aromatic rings. The minimum absolute atomic E-state index is 0.142. The molecule has 1 atom stereocenters. The Bertz CT molecular complexity index is 1920. The van der Waals surface area contributed by atoms with Crippen molar-refractivity contribution in [1.29, 1.82) is 0 Å². The number of aromatic nitrogens is 1. The zero-order chi connectivity index (χ0) is 30.7. The topological polar surface area (TPSA) is 122 Å². The molecule has 43 heavy (non-hydrogen) atoms. The number of hydrogen-bond donors (Lipinski definition) is 0. The highest BCUT2D eigenvalue weighted by molar-refractivity contribution is 7.07. The molecule has 0 radical (unpaired) electrons. The van der Waals surface area contributed by atoms with Crippen LogP contribution >= 0.6 is 22.9 Å². The largest absolute Gasteiger partial charge is 0.493 e. The number of fused-ring (bicyclic) bond motifs is 1. The van der Waals surface area contributed by atoms with Crippen molar-refractivity contribution in [2.75, 3.05) is 13.7 Å². The van der Waals surface area contributed by atoms with E-state index >= 15 is 0 Å². The van der Waals surface area contributed by atoms with Gasteiger partial charge in [0.25, 0.3) is 11.2 Å². The number of nitro benzene ring substituents is 1. The number of rotatable bonds is 9. The minimum Gasteiger partial charge on any atom is -0.493 e. The van der Waals surface area contributed by atoms with Crippen LogP contribution in [0.3, 0.4) is 0 Å². The number of benzene rings is 3. The van der Waals surface area contributed by atoms with Gasteiger partial charge in [0.1, 0.15) is 6.61 Å². The average Bonchev–Trinajstić information content (AvgIpc) is 3.30. The number of methoxy groups -OCH3 is 1. The number of nitrogens with zero attached hydrogens (tertiary/aromatic N) is 3. The Kier molecular flexibility index (Phi) is 8.74. The van der Waals surface area contributed by atoms with E-state index < -0.39 is 22.5 Å². The van der Waals surface area contributed by atoms with Gasteiger partial charge in [-0.05, 0) is 49.2 Å². The SMILES string of the molecule is CCOC(=O)C1=C(C)N=c2s/c(=C\c3cc(OC)c(OCc4ccccc4)cc3[N+](=O)[O-])c(=O)n2C1c1ccc(Cl)cc1. The second-order valence-electron chi connectivity index (χ2n) is 9.45. The van der Waals surface area contributed by atoms with Crippen LogP contribution in [-0.4, -0.2) is 29.2 Å². The van der Waals surface area contributed by atoms with E-state index in [2.05, 4.69) is 4.99 Å². The normalized spacial score (nSPS) is 14.6. The van der Waals surface area contributed by atoms with Gasteiger partial charge in [-0.15, -0.1) is 0 Å². The predicted molar refractivity (Wildman–Crippen MR) is 162 cm³/mol. The maximum atomic E-state index is 13.9. The molecule has 0 saturated heterocycles. The van der Waals surface area contributed by atoms with Crippen LogP contribution in [0, 0.1) is 10.1 Å². The van der Waals surface area contributed by atoms with Crippen molar-refractivity contribution in [1.82, 2.24) is 4.57 Å². The van der Waals surface area contributed by atoms with E-state index in [0.29, 0.717) is 21.1 Å². The van der Waals surface area contributed by atoms with Crippen LogP contribution in [-0.2, 0) is 16.1 Å². The second-order valence-corrected chi connectivity index (χ2v) is 10.9. The number of carbonyl (C=O) groups excluding carboxylic acids is 1. The smallest absolute Gasteiger partial charge is 0.338 e. The van der Waals surface area contributed by atoms with Gasteiger partial charge in [0.15, 0.2) is 16.3 Å². The quantitative estimate of drug-likeness (QED) is 0.148. The van der Waals surface area contributed by atoms with Crippen LogP contribution in [0.1, 0.15) is 36.6 Å². The first-order chi connectivity index (χ1) is 20.7. The third-order valence-corrected chi connectivity index (χ3v) is 7.97. The number of carbonyl (C=O) groups is 1. The molecular weight excluding hydrogens is 594 g/mol. The Morgan fingerprint density at radius 2 is 1.86 bits per heavy atom. The molecule has 0 aliphatic carbocycles. The van der Waals surface area contributed by atoms with Gasteiger partial charge in [-0.2, -0.15) is 0 Å². The van der Waals surface area contributed by atoms with Crippen LogP contribution in [0.2, 0.25) is 5.02 Å². The third-order valence-electron chi connectivity index (χ3n) is 6.74. The van der Waals surface area contributed by atoms with E-state index in [-0.39, 0.29) is 46.1 Å². The molecule has 1 aliphatic rings. The molecule has 5 rings (SSSR count). The second kappa shape index (κ2) is 12.6. The molecule has 220 valence electrons. The highest BCUT2D eigenvalue weighted by atomic mass is 35.5. The lowest BCUT2D eigenvalue weighted by molar-refractivity contribution is -0.385. The maximum Gasteiger partial charge on any atom is 0.338 e. The standard InChI is InChI=1S/C31H26ClN3O7S/c1-4-41-30(37)27-18(2)33-31-34(28(27)20-10-12-22(32)13-11-20)29(36)26(43-31)15-21-14-24(40-3)25(16-23(21)35(38)39)42-17-19-8-6-5-7-9-19/h5-16,28H,4,17H2,1-3H3/b26-15-. The molecule has 3 aromatic carbocycles. The summed E-state index contributed by atoms with van der Waals surface area (Å²) in [5, 5.41) is 12.6. The molecular formula is C31H26ClN3O7S. The Hall–Kier alpha value is -4.74. The van der Waals surface area contributed by atoms with Crippen LogP contribution in [0.25, 0.3) is 6.08 Å². The van der Waals surface area contributed by atoms with Gasteiger partial charge in [-0.1, -0.05) is 65.4 Å². The number of thiazole rings is 1. The van der Waals surface area contributed by atoms with Crippen molar-refractivity contribution in [2.45, 2.75) is 26.5 Å². The molecule has 1 aliphatic heterocycles. The van der Waals surface area contributed by atoms with E-state index in [4.69, 9.17) is 25.8 Å². The Balaban J connectivity index is 1.64.